The van der Waals surface area contributed by atoms with Gasteiger partial charge in [-0.25, -0.2) is 0 Å². The molecular weight excluding hydrogens is 304 g/mol. The standard InChI is InChI=1S/C18H22N4O2/c1-11-9-12(2)17(13(3)10-11)19-15-6-7-16(22-21-15)20-18(23)14-5-4-8-24-14/h6-7,9-10,14H,4-5,8H2,1-3H3,(H,19,21)(H,20,22,23). The predicted octanol–water partition coefficient (Wildman–Crippen LogP) is 3.26. The van der Waals surface area contributed by atoms with Gasteiger partial charge < -0.3 is 15.4 Å². The third-order valence-electron chi connectivity index (χ3n) is 4.07. The van der Waals surface area contributed by atoms with Crippen LogP contribution in [0.2, 0.25) is 0 Å². The summed E-state index contributed by atoms with van der Waals surface area (Å²) in [5, 5.41) is 14.2. The number of carbonyl (C=O) groups is 1. The molecule has 1 fully saturated rings. The van der Waals surface area contributed by atoms with Crippen molar-refractivity contribution in [3.63, 3.8) is 0 Å². The number of ether oxygens (including phenoxy) is 1. The van der Waals surface area contributed by atoms with E-state index in [-0.39, 0.29) is 12.0 Å². The van der Waals surface area contributed by atoms with Gasteiger partial charge in [0.1, 0.15) is 6.10 Å². The first-order valence-corrected chi connectivity index (χ1v) is 8.14. The molecule has 6 nitrogen and oxygen atoms in total. The van der Waals surface area contributed by atoms with Crippen molar-refractivity contribution < 1.29 is 9.53 Å². The van der Waals surface area contributed by atoms with E-state index in [1.807, 2.05) is 0 Å². The number of aromatic nitrogens is 2. The molecule has 1 aromatic carbocycles. The summed E-state index contributed by atoms with van der Waals surface area (Å²) >= 11 is 0. The van der Waals surface area contributed by atoms with Crippen molar-refractivity contribution in [1.82, 2.24) is 10.2 Å². The Morgan fingerprint density at radius 2 is 1.79 bits per heavy atom. The molecule has 0 radical (unpaired) electrons. The Morgan fingerprint density at radius 1 is 1.12 bits per heavy atom. The molecule has 1 aliphatic rings. The van der Waals surface area contributed by atoms with Gasteiger partial charge in [0.2, 0.25) is 0 Å². The second-order valence-electron chi connectivity index (χ2n) is 6.19. The predicted molar refractivity (Wildman–Crippen MR) is 93.6 cm³/mol. The molecule has 1 saturated heterocycles. The van der Waals surface area contributed by atoms with Crippen LogP contribution < -0.4 is 10.6 Å². The summed E-state index contributed by atoms with van der Waals surface area (Å²) in [5.41, 5.74) is 4.58. The van der Waals surface area contributed by atoms with E-state index in [9.17, 15) is 4.79 Å². The summed E-state index contributed by atoms with van der Waals surface area (Å²) in [7, 11) is 0. The Labute approximate surface area is 141 Å². The van der Waals surface area contributed by atoms with E-state index < -0.39 is 0 Å². The zero-order valence-corrected chi connectivity index (χ0v) is 14.2. The minimum absolute atomic E-state index is 0.160. The van der Waals surface area contributed by atoms with Crippen molar-refractivity contribution >= 4 is 23.2 Å². The van der Waals surface area contributed by atoms with Gasteiger partial charge in [-0.3, -0.25) is 4.79 Å². The zero-order chi connectivity index (χ0) is 17.1. The number of nitrogens with one attached hydrogen (secondary N) is 2. The van der Waals surface area contributed by atoms with Gasteiger partial charge in [0.05, 0.1) is 0 Å². The van der Waals surface area contributed by atoms with Crippen molar-refractivity contribution in [1.29, 1.82) is 0 Å². The second-order valence-corrected chi connectivity index (χ2v) is 6.19. The van der Waals surface area contributed by atoms with Gasteiger partial charge in [0.15, 0.2) is 11.6 Å². The van der Waals surface area contributed by atoms with Crippen molar-refractivity contribution in [2.45, 2.75) is 39.7 Å². The van der Waals surface area contributed by atoms with Gasteiger partial charge in [-0.1, -0.05) is 17.7 Å². The van der Waals surface area contributed by atoms with Crippen LogP contribution in [0.4, 0.5) is 17.3 Å². The minimum atomic E-state index is -0.373. The average Bonchev–Trinajstić information content (AvgIpc) is 3.07. The highest BCUT2D eigenvalue weighted by atomic mass is 16.5. The molecule has 126 valence electrons. The lowest BCUT2D eigenvalue weighted by Crippen LogP contribution is -2.27. The Bertz CT molecular complexity index is 714. The van der Waals surface area contributed by atoms with Crippen LogP contribution in [0, 0.1) is 20.8 Å². The Balaban J connectivity index is 1.67. The third-order valence-corrected chi connectivity index (χ3v) is 4.07. The number of carbonyl (C=O) groups excluding carboxylic acids is 1. The maximum atomic E-state index is 12.0. The molecule has 1 atom stereocenters. The molecule has 6 heteroatoms. The maximum Gasteiger partial charge on any atom is 0.254 e. The van der Waals surface area contributed by atoms with Crippen LogP contribution in [0.1, 0.15) is 29.5 Å². The van der Waals surface area contributed by atoms with Crippen molar-refractivity contribution in [3.05, 3.63) is 41.0 Å². The highest BCUT2D eigenvalue weighted by Crippen LogP contribution is 2.25. The molecule has 0 bridgehead atoms. The highest BCUT2D eigenvalue weighted by Gasteiger charge is 2.23. The van der Waals surface area contributed by atoms with Crippen LogP contribution in [0.5, 0.6) is 0 Å². The second kappa shape index (κ2) is 6.97. The SMILES string of the molecule is Cc1cc(C)c(Nc2ccc(NC(=O)C3CCCO3)nn2)c(C)c1. The van der Waals surface area contributed by atoms with Crippen LogP contribution in [0.15, 0.2) is 24.3 Å². The quantitative estimate of drug-likeness (QED) is 0.902. The van der Waals surface area contributed by atoms with Gasteiger partial charge >= 0.3 is 0 Å². The van der Waals surface area contributed by atoms with Gasteiger partial charge in [0.25, 0.3) is 5.91 Å². The number of rotatable bonds is 4. The first-order chi connectivity index (χ1) is 11.5. The van der Waals surface area contributed by atoms with E-state index in [1.165, 1.54) is 5.56 Å². The lowest BCUT2D eigenvalue weighted by molar-refractivity contribution is -0.124. The van der Waals surface area contributed by atoms with Gasteiger partial charge in [-0.05, 0) is 56.9 Å². The molecule has 24 heavy (non-hydrogen) atoms. The molecule has 3 rings (SSSR count). The van der Waals surface area contributed by atoms with Crippen molar-refractivity contribution in [2.24, 2.45) is 0 Å². The summed E-state index contributed by atoms with van der Waals surface area (Å²) in [6.07, 6.45) is 1.30. The zero-order valence-electron chi connectivity index (χ0n) is 14.2. The van der Waals surface area contributed by atoms with E-state index in [0.717, 1.165) is 29.7 Å². The van der Waals surface area contributed by atoms with Crippen LogP contribution >= 0.6 is 0 Å². The molecule has 1 amide bonds. The van der Waals surface area contributed by atoms with Crippen LogP contribution in [0.25, 0.3) is 0 Å². The molecule has 0 saturated carbocycles. The number of hydrogen-bond donors (Lipinski definition) is 2. The lowest BCUT2D eigenvalue weighted by atomic mass is 10.1. The molecule has 2 aromatic rings. The molecule has 0 aliphatic carbocycles. The van der Waals surface area contributed by atoms with E-state index in [1.54, 1.807) is 12.1 Å². The Hall–Kier alpha value is -2.47. The molecule has 2 N–H and O–H groups in total. The van der Waals surface area contributed by atoms with Crippen molar-refractivity contribution in [2.75, 3.05) is 17.2 Å². The Kier molecular flexibility index (Phi) is 4.76. The summed E-state index contributed by atoms with van der Waals surface area (Å²) < 4.78 is 5.35. The van der Waals surface area contributed by atoms with Gasteiger partial charge in [-0.2, -0.15) is 0 Å². The van der Waals surface area contributed by atoms with E-state index in [2.05, 4.69) is 53.7 Å². The lowest BCUT2D eigenvalue weighted by Gasteiger charge is -2.13. The van der Waals surface area contributed by atoms with Crippen molar-refractivity contribution in [3.8, 4) is 0 Å². The fourth-order valence-corrected chi connectivity index (χ4v) is 2.96. The topological polar surface area (TPSA) is 76.1 Å². The number of benzene rings is 1. The smallest absolute Gasteiger partial charge is 0.254 e. The number of nitrogens with zero attached hydrogens (tertiary/aromatic N) is 2. The maximum absolute atomic E-state index is 12.0. The average molecular weight is 326 g/mol. The van der Waals surface area contributed by atoms with Crippen LogP contribution in [-0.4, -0.2) is 28.8 Å². The van der Waals surface area contributed by atoms with Gasteiger partial charge in [0, 0.05) is 12.3 Å². The number of amides is 1. The number of hydrogen-bond acceptors (Lipinski definition) is 5. The number of aryl methyl sites for hydroxylation is 3. The minimum Gasteiger partial charge on any atom is -0.368 e. The van der Waals surface area contributed by atoms with Crippen LogP contribution in [-0.2, 0) is 9.53 Å². The summed E-state index contributed by atoms with van der Waals surface area (Å²) in [6.45, 7) is 6.84. The van der Waals surface area contributed by atoms with E-state index in [0.29, 0.717) is 18.2 Å². The highest BCUT2D eigenvalue weighted by molar-refractivity contribution is 5.93. The first-order valence-electron chi connectivity index (χ1n) is 8.14. The first kappa shape index (κ1) is 16.4. The molecule has 0 spiro atoms. The van der Waals surface area contributed by atoms with Gasteiger partial charge in [-0.15, -0.1) is 10.2 Å². The molecule has 1 unspecified atom stereocenters. The fraction of sp³-hybridized carbons (Fsp3) is 0.389. The summed E-state index contributed by atoms with van der Waals surface area (Å²) in [6, 6.07) is 7.79. The van der Waals surface area contributed by atoms with Crippen LogP contribution in [0.3, 0.4) is 0 Å². The molecule has 1 aromatic heterocycles. The Morgan fingerprint density at radius 3 is 2.38 bits per heavy atom. The largest absolute Gasteiger partial charge is 0.368 e. The summed E-state index contributed by atoms with van der Waals surface area (Å²) in [4.78, 5) is 12.0. The number of anilines is 3. The van der Waals surface area contributed by atoms with E-state index in [4.69, 9.17) is 4.74 Å². The third kappa shape index (κ3) is 3.71. The fourth-order valence-electron chi connectivity index (χ4n) is 2.96. The normalized spacial score (nSPS) is 16.9. The molecular formula is C18H22N4O2. The summed E-state index contributed by atoms with van der Waals surface area (Å²) in [5.74, 6) is 0.909. The molecule has 1 aliphatic heterocycles. The van der Waals surface area contributed by atoms with E-state index >= 15 is 0 Å². The molecule has 2 heterocycles. The monoisotopic (exact) mass is 326 g/mol.